The van der Waals surface area contributed by atoms with Gasteiger partial charge < -0.3 is 14.4 Å². The summed E-state index contributed by atoms with van der Waals surface area (Å²) in [5.74, 6) is 0.967. The van der Waals surface area contributed by atoms with E-state index in [4.69, 9.17) is 9.47 Å². The number of hydrogen-bond donors (Lipinski definition) is 0. The van der Waals surface area contributed by atoms with Gasteiger partial charge in [0, 0.05) is 42.9 Å². The van der Waals surface area contributed by atoms with Crippen molar-refractivity contribution in [1.82, 2.24) is 0 Å². The Morgan fingerprint density at radius 2 is 1.32 bits per heavy atom. The van der Waals surface area contributed by atoms with Gasteiger partial charge in [-0.3, -0.25) is 0 Å². The van der Waals surface area contributed by atoms with Crippen LogP contribution in [-0.4, -0.2) is 27.0 Å². The molecular formula is C33H36NO2P. The summed E-state index contributed by atoms with van der Waals surface area (Å²) in [6.45, 7) is 2.52. The molecule has 4 aromatic carbocycles. The van der Waals surface area contributed by atoms with Gasteiger partial charge in [-0.2, -0.15) is 0 Å². The Morgan fingerprint density at radius 1 is 0.676 bits per heavy atom. The molecular weight excluding hydrogens is 473 g/mol. The Hall–Kier alpha value is -3.13. The number of anilines is 1. The average molecular weight is 510 g/mol. The third kappa shape index (κ3) is 6.80. The van der Waals surface area contributed by atoms with Crippen molar-refractivity contribution in [3.05, 3.63) is 119 Å². The van der Waals surface area contributed by atoms with Crippen LogP contribution in [0.3, 0.4) is 0 Å². The van der Waals surface area contributed by atoms with Gasteiger partial charge in [-0.25, -0.2) is 0 Å². The monoisotopic (exact) mass is 509 g/mol. The van der Waals surface area contributed by atoms with E-state index in [2.05, 4.69) is 102 Å². The van der Waals surface area contributed by atoms with Crippen LogP contribution in [0.15, 0.2) is 97.1 Å². The fourth-order valence-corrected chi connectivity index (χ4v) is 6.59. The molecule has 0 bridgehead atoms. The maximum atomic E-state index is 6.32. The molecule has 1 aliphatic heterocycles. The van der Waals surface area contributed by atoms with Gasteiger partial charge in [-0.1, -0.05) is 93.5 Å². The lowest BCUT2D eigenvalue weighted by molar-refractivity contribution is 0.0513. The highest BCUT2D eigenvalue weighted by Crippen LogP contribution is 2.31. The molecule has 0 radical (unpaired) electrons. The van der Waals surface area contributed by atoms with E-state index in [-0.39, 0.29) is 6.79 Å². The molecule has 4 heteroatoms. The van der Waals surface area contributed by atoms with E-state index in [1.54, 1.807) is 7.11 Å². The highest BCUT2D eigenvalue weighted by atomic mass is 31.1. The molecule has 1 aliphatic rings. The minimum Gasteiger partial charge on any atom is -0.467 e. The number of rotatable bonds is 10. The zero-order valence-corrected chi connectivity index (χ0v) is 22.7. The van der Waals surface area contributed by atoms with Gasteiger partial charge in [-0.15, -0.1) is 0 Å². The molecule has 0 aliphatic carbocycles. The van der Waals surface area contributed by atoms with Crippen LogP contribution in [0.4, 0.5) is 5.69 Å². The molecule has 37 heavy (non-hydrogen) atoms. The van der Waals surface area contributed by atoms with E-state index in [1.165, 1.54) is 57.8 Å². The molecule has 0 N–H and O–H groups in total. The number of benzene rings is 4. The lowest BCUT2D eigenvalue weighted by atomic mass is 9.98. The molecule has 5 rings (SSSR count). The van der Waals surface area contributed by atoms with Crippen LogP contribution in [0.1, 0.15) is 41.5 Å². The van der Waals surface area contributed by atoms with Crippen molar-refractivity contribution < 1.29 is 9.47 Å². The van der Waals surface area contributed by atoms with E-state index in [0.717, 1.165) is 31.7 Å². The second kappa shape index (κ2) is 12.9. The molecule has 0 amide bonds. The first-order chi connectivity index (χ1) is 18.3. The summed E-state index contributed by atoms with van der Waals surface area (Å²) in [7, 11) is 2.19. The van der Waals surface area contributed by atoms with Gasteiger partial charge >= 0.3 is 0 Å². The fraction of sp³-hybridized carbons (Fsp3) is 0.273. The van der Waals surface area contributed by atoms with Crippen LogP contribution in [-0.2, 0) is 17.6 Å². The number of ether oxygens (including phenoxy) is 2. The molecule has 1 heterocycles. The van der Waals surface area contributed by atoms with Gasteiger partial charge in [0.2, 0.25) is 0 Å². The Bertz CT molecular complexity index is 1270. The second-order valence-electron chi connectivity index (χ2n) is 9.70. The van der Waals surface area contributed by atoms with Crippen molar-refractivity contribution in [2.75, 3.05) is 31.9 Å². The molecule has 1 atom stereocenters. The Morgan fingerprint density at radius 3 is 2.03 bits per heavy atom. The topological polar surface area (TPSA) is 21.7 Å². The molecule has 1 unspecified atom stereocenters. The van der Waals surface area contributed by atoms with Crippen LogP contribution < -0.4 is 20.2 Å². The van der Waals surface area contributed by atoms with Crippen LogP contribution in [0.25, 0.3) is 0 Å². The summed E-state index contributed by atoms with van der Waals surface area (Å²) in [5, 5.41) is 2.63. The van der Waals surface area contributed by atoms with Gasteiger partial charge in [0.1, 0.15) is 5.75 Å². The summed E-state index contributed by atoms with van der Waals surface area (Å²) in [5.41, 5.74) is 6.51. The van der Waals surface area contributed by atoms with E-state index < -0.39 is 0 Å². The van der Waals surface area contributed by atoms with Crippen molar-refractivity contribution in [2.45, 2.75) is 32.1 Å². The van der Waals surface area contributed by atoms with Crippen LogP contribution in [0.2, 0.25) is 0 Å². The lowest BCUT2D eigenvalue weighted by Gasteiger charge is -2.31. The average Bonchev–Trinajstić information content (AvgIpc) is 2.95. The predicted octanol–water partition coefficient (Wildman–Crippen LogP) is 6.47. The molecule has 1 fully saturated rings. The first-order valence-electron chi connectivity index (χ1n) is 13.3. The predicted molar refractivity (Wildman–Crippen MR) is 158 cm³/mol. The maximum absolute atomic E-state index is 6.32. The quantitative estimate of drug-likeness (QED) is 0.181. The number of nitrogens with zero attached hydrogens (tertiary/aromatic N) is 1. The Balaban J connectivity index is 1.56. The smallest absolute Gasteiger partial charge is 0.188 e. The first kappa shape index (κ1) is 25.5. The second-order valence-corrected chi connectivity index (χ2v) is 11.0. The van der Waals surface area contributed by atoms with Gasteiger partial charge in [0.15, 0.2) is 6.79 Å². The molecule has 4 aromatic rings. The standard InChI is InChI=1S/C33H36NO2P/c1-35-25-36-33-29(22-27-15-7-3-8-16-27)23-28(21-26-13-5-2-6-14-26)24-32(33)37-31-18-10-9-17-30(31)34-19-11-4-12-20-34/h2-3,5-10,13-18,23-24,37H,4,11-12,19-22,25H2,1H3. The van der Waals surface area contributed by atoms with Gasteiger partial charge in [0.25, 0.3) is 0 Å². The van der Waals surface area contributed by atoms with Crippen molar-refractivity contribution in [3.63, 3.8) is 0 Å². The summed E-state index contributed by atoms with van der Waals surface area (Å²) in [4.78, 5) is 2.57. The number of methoxy groups -OCH3 is 1. The normalized spacial score (nSPS) is 13.8. The van der Waals surface area contributed by atoms with E-state index in [0.29, 0.717) is 8.58 Å². The zero-order valence-electron chi connectivity index (χ0n) is 21.7. The highest BCUT2D eigenvalue weighted by molar-refractivity contribution is 7.56. The number of hydrogen-bond acceptors (Lipinski definition) is 3. The van der Waals surface area contributed by atoms with Crippen molar-refractivity contribution in [2.24, 2.45) is 0 Å². The highest BCUT2D eigenvalue weighted by Gasteiger charge is 2.18. The van der Waals surface area contributed by atoms with Crippen LogP contribution in [0.5, 0.6) is 5.75 Å². The SMILES string of the molecule is COCOc1c(Cc2ccccc2)cc(Cc2ccccc2)cc1Pc1ccccc1N1CCCCC1. The third-order valence-electron chi connectivity index (χ3n) is 6.91. The lowest BCUT2D eigenvalue weighted by Crippen LogP contribution is -2.32. The third-order valence-corrected chi connectivity index (χ3v) is 8.24. The minimum absolute atomic E-state index is 0.241. The molecule has 0 spiro atoms. The van der Waals surface area contributed by atoms with Crippen LogP contribution >= 0.6 is 8.58 Å². The van der Waals surface area contributed by atoms with Crippen molar-refractivity contribution in [3.8, 4) is 5.75 Å². The Labute approximate surface area is 223 Å². The number of piperidine rings is 1. The number of para-hydroxylation sites is 1. The molecule has 190 valence electrons. The van der Waals surface area contributed by atoms with Crippen molar-refractivity contribution >= 4 is 24.9 Å². The minimum atomic E-state index is 0.241. The fourth-order valence-electron chi connectivity index (χ4n) is 5.15. The van der Waals surface area contributed by atoms with Gasteiger partial charge in [0.05, 0.1) is 0 Å². The summed E-state index contributed by atoms with van der Waals surface area (Å²) in [6.07, 6.45) is 5.60. The zero-order chi connectivity index (χ0) is 25.3. The van der Waals surface area contributed by atoms with Crippen molar-refractivity contribution in [1.29, 1.82) is 0 Å². The molecule has 0 aromatic heterocycles. The summed E-state index contributed by atoms with van der Waals surface area (Å²) in [6, 6.07) is 35.0. The van der Waals surface area contributed by atoms with Gasteiger partial charge in [-0.05, 0) is 60.1 Å². The molecule has 1 saturated heterocycles. The molecule has 0 saturated carbocycles. The Kier molecular flexibility index (Phi) is 8.90. The van der Waals surface area contributed by atoms with Crippen LogP contribution in [0, 0.1) is 0 Å². The van der Waals surface area contributed by atoms with E-state index in [1.807, 2.05) is 0 Å². The van der Waals surface area contributed by atoms with E-state index >= 15 is 0 Å². The largest absolute Gasteiger partial charge is 0.467 e. The molecule has 3 nitrogen and oxygen atoms in total. The van der Waals surface area contributed by atoms with E-state index in [9.17, 15) is 0 Å². The summed E-state index contributed by atoms with van der Waals surface area (Å²) < 4.78 is 11.7. The summed E-state index contributed by atoms with van der Waals surface area (Å²) >= 11 is 0. The first-order valence-corrected chi connectivity index (χ1v) is 14.3. The maximum Gasteiger partial charge on any atom is 0.188 e.